The third-order valence-corrected chi connectivity index (χ3v) is 5.24. The van der Waals surface area contributed by atoms with E-state index in [1.54, 1.807) is 25.1 Å². The van der Waals surface area contributed by atoms with E-state index in [1.165, 1.54) is 18.3 Å². The number of aryl methyl sites for hydroxylation is 1. The van der Waals surface area contributed by atoms with Crippen LogP contribution in [0, 0.1) is 6.92 Å². The number of amides is 1. The predicted octanol–water partition coefficient (Wildman–Crippen LogP) is 2.92. The monoisotopic (exact) mass is 447 g/mol. The second-order valence-electron chi connectivity index (χ2n) is 5.09. The summed E-state index contributed by atoms with van der Waals surface area (Å²) in [5.41, 5.74) is 2.60. The molecule has 0 bridgehead atoms. The Bertz CT molecular complexity index is 875. The summed E-state index contributed by atoms with van der Waals surface area (Å²) in [4.78, 5) is 12.0. The van der Waals surface area contributed by atoms with E-state index >= 15 is 0 Å². The van der Waals surface area contributed by atoms with Crippen LogP contribution in [0.4, 0.5) is 5.69 Å². The highest BCUT2D eigenvalue weighted by molar-refractivity contribution is 9.10. The summed E-state index contributed by atoms with van der Waals surface area (Å²) in [6, 6.07) is 7.82. The quantitative estimate of drug-likeness (QED) is 0.543. The number of furan rings is 1. The fourth-order valence-corrected chi connectivity index (χ4v) is 3.18. The van der Waals surface area contributed by atoms with Gasteiger partial charge in [-0.25, -0.2) is 13.8 Å². The molecule has 0 spiro atoms. The van der Waals surface area contributed by atoms with Gasteiger partial charge in [-0.2, -0.15) is 5.10 Å². The van der Waals surface area contributed by atoms with Crippen molar-refractivity contribution >= 4 is 55.4 Å². The summed E-state index contributed by atoms with van der Waals surface area (Å²) in [6.07, 6.45) is 2.34. The third kappa shape index (κ3) is 5.58. The molecule has 1 aromatic carbocycles. The highest BCUT2D eigenvalue weighted by Crippen LogP contribution is 2.20. The van der Waals surface area contributed by atoms with Crippen molar-refractivity contribution in [2.75, 3.05) is 17.1 Å². The number of hydrazone groups is 1. The van der Waals surface area contributed by atoms with Gasteiger partial charge in [0, 0.05) is 11.1 Å². The van der Waals surface area contributed by atoms with Crippen LogP contribution in [0.2, 0.25) is 5.02 Å². The highest BCUT2D eigenvalue weighted by Gasteiger charge is 2.20. The zero-order valence-electron chi connectivity index (χ0n) is 13.4. The Labute approximate surface area is 158 Å². The van der Waals surface area contributed by atoms with E-state index in [1.807, 2.05) is 0 Å². The van der Waals surface area contributed by atoms with Gasteiger partial charge in [-0.15, -0.1) is 0 Å². The van der Waals surface area contributed by atoms with E-state index in [9.17, 15) is 13.2 Å². The number of sulfonamides is 1. The second kappa shape index (κ2) is 8.03. The van der Waals surface area contributed by atoms with E-state index in [0.717, 1.165) is 15.0 Å². The van der Waals surface area contributed by atoms with Gasteiger partial charge in [-0.3, -0.25) is 9.10 Å². The van der Waals surface area contributed by atoms with E-state index in [4.69, 9.17) is 16.0 Å². The standard InChI is InChI=1S/C15H15BrClN3O4S/c1-10-14(16)7-13(24-10)8-18-19-15(21)9-20(25(2,22)23)12-5-3-11(17)4-6-12/h3-8H,9H2,1-2H3,(H,19,21)/b18-8-. The van der Waals surface area contributed by atoms with Crippen LogP contribution >= 0.6 is 27.5 Å². The van der Waals surface area contributed by atoms with Gasteiger partial charge in [0.15, 0.2) is 0 Å². The minimum Gasteiger partial charge on any atom is -0.459 e. The number of carbonyl (C=O) groups excluding carboxylic acids is 1. The molecule has 0 radical (unpaired) electrons. The lowest BCUT2D eigenvalue weighted by atomic mass is 10.3. The molecule has 0 atom stereocenters. The van der Waals surface area contributed by atoms with E-state index in [0.29, 0.717) is 22.2 Å². The lowest BCUT2D eigenvalue weighted by Crippen LogP contribution is -2.38. The van der Waals surface area contributed by atoms with Gasteiger partial charge in [0.1, 0.15) is 18.1 Å². The van der Waals surface area contributed by atoms with E-state index < -0.39 is 22.5 Å². The van der Waals surface area contributed by atoms with Crippen LogP contribution in [-0.4, -0.2) is 33.3 Å². The molecule has 1 aromatic heterocycles. The van der Waals surface area contributed by atoms with E-state index in [2.05, 4.69) is 26.5 Å². The first-order chi connectivity index (χ1) is 11.7. The molecule has 0 aliphatic carbocycles. The first-order valence-electron chi connectivity index (χ1n) is 6.98. The van der Waals surface area contributed by atoms with Gasteiger partial charge < -0.3 is 4.42 Å². The third-order valence-electron chi connectivity index (χ3n) is 3.06. The molecule has 0 aliphatic rings. The zero-order chi connectivity index (χ0) is 18.6. The number of halogens is 2. The van der Waals surface area contributed by atoms with Gasteiger partial charge in [-0.1, -0.05) is 11.6 Å². The van der Waals surface area contributed by atoms with Gasteiger partial charge in [0.05, 0.1) is 22.6 Å². The van der Waals surface area contributed by atoms with Crippen LogP contribution in [0.5, 0.6) is 0 Å². The van der Waals surface area contributed by atoms with Crippen molar-refractivity contribution in [3.05, 3.63) is 51.3 Å². The molecule has 0 unspecified atom stereocenters. The van der Waals surface area contributed by atoms with Crippen molar-refractivity contribution in [3.8, 4) is 0 Å². The molecule has 0 aliphatic heterocycles. The normalized spacial score (nSPS) is 11.7. The molecule has 7 nitrogen and oxygen atoms in total. The molecule has 1 amide bonds. The maximum absolute atomic E-state index is 12.0. The van der Waals surface area contributed by atoms with Gasteiger partial charge >= 0.3 is 0 Å². The number of benzene rings is 1. The number of hydrogen-bond donors (Lipinski definition) is 1. The summed E-state index contributed by atoms with van der Waals surface area (Å²) in [7, 11) is -3.65. The number of anilines is 1. The lowest BCUT2D eigenvalue weighted by Gasteiger charge is -2.21. The summed E-state index contributed by atoms with van der Waals surface area (Å²) in [5.74, 6) is 0.528. The van der Waals surface area contributed by atoms with Gasteiger partial charge in [-0.05, 0) is 47.1 Å². The Kier molecular flexibility index (Phi) is 6.26. The average Bonchev–Trinajstić information content (AvgIpc) is 2.83. The minimum absolute atomic E-state index is 0.330. The van der Waals surface area contributed by atoms with Crippen molar-refractivity contribution in [1.29, 1.82) is 0 Å². The number of nitrogens with one attached hydrogen (secondary N) is 1. The Hall–Kier alpha value is -1.84. The van der Waals surface area contributed by atoms with Crippen molar-refractivity contribution < 1.29 is 17.6 Å². The Morgan fingerprint density at radius 1 is 1.40 bits per heavy atom. The Balaban J connectivity index is 2.06. The Morgan fingerprint density at radius 3 is 2.56 bits per heavy atom. The molecule has 0 saturated carbocycles. The molecular weight excluding hydrogens is 434 g/mol. The first kappa shape index (κ1) is 19.5. The molecule has 1 heterocycles. The van der Waals surface area contributed by atoms with Crippen LogP contribution < -0.4 is 9.73 Å². The van der Waals surface area contributed by atoms with Crippen LogP contribution in [-0.2, 0) is 14.8 Å². The highest BCUT2D eigenvalue weighted by atomic mass is 79.9. The number of hydrogen-bond acceptors (Lipinski definition) is 5. The van der Waals surface area contributed by atoms with Crippen molar-refractivity contribution in [2.45, 2.75) is 6.92 Å². The molecule has 134 valence electrons. The largest absolute Gasteiger partial charge is 0.459 e. The zero-order valence-corrected chi connectivity index (χ0v) is 16.5. The van der Waals surface area contributed by atoms with Crippen LogP contribution in [0.25, 0.3) is 0 Å². The van der Waals surface area contributed by atoms with Gasteiger partial charge in [0.2, 0.25) is 10.0 Å². The fourth-order valence-electron chi connectivity index (χ4n) is 1.89. The van der Waals surface area contributed by atoms with Crippen LogP contribution in [0.1, 0.15) is 11.5 Å². The van der Waals surface area contributed by atoms with Gasteiger partial charge in [0.25, 0.3) is 5.91 Å². The maximum atomic E-state index is 12.0. The first-order valence-corrected chi connectivity index (χ1v) is 10.00. The molecule has 0 saturated heterocycles. The van der Waals surface area contributed by atoms with Crippen LogP contribution in [0.15, 0.2) is 44.3 Å². The number of nitrogens with zero attached hydrogens (tertiary/aromatic N) is 2. The topological polar surface area (TPSA) is 92.0 Å². The fraction of sp³-hybridized carbons (Fsp3) is 0.200. The van der Waals surface area contributed by atoms with E-state index in [-0.39, 0.29) is 0 Å². The molecular formula is C15H15BrClN3O4S. The van der Waals surface area contributed by atoms with Crippen LogP contribution in [0.3, 0.4) is 0 Å². The Morgan fingerprint density at radius 2 is 2.04 bits per heavy atom. The second-order valence-corrected chi connectivity index (χ2v) is 8.29. The number of rotatable bonds is 6. The minimum atomic E-state index is -3.65. The molecule has 1 N–H and O–H groups in total. The lowest BCUT2D eigenvalue weighted by molar-refractivity contribution is -0.119. The van der Waals surface area contributed by atoms with Crippen molar-refractivity contribution in [3.63, 3.8) is 0 Å². The number of carbonyl (C=O) groups is 1. The average molecular weight is 449 g/mol. The maximum Gasteiger partial charge on any atom is 0.260 e. The molecule has 2 rings (SSSR count). The summed E-state index contributed by atoms with van der Waals surface area (Å²) >= 11 is 9.09. The molecule has 25 heavy (non-hydrogen) atoms. The molecule has 2 aromatic rings. The summed E-state index contributed by atoms with van der Waals surface area (Å²) < 4.78 is 31.0. The smallest absolute Gasteiger partial charge is 0.260 e. The molecule has 10 heteroatoms. The summed E-state index contributed by atoms with van der Waals surface area (Å²) in [6.45, 7) is 1.36. The SMILES string of the molecule is Cc1oc(/C=N\NC(=O)CN(c2ccc(Cl)cc2)S(C)(=O)=O)cc1Br. The molecule has 0 fully saturated rings. The predicted molar refractivity (Wildman–Crippen MR) is 101 cm³/mol. The van der Waals surface area contributed by atoms with Crippen molar-refractivity contribution in [2.24, 2.45) is 5.10 Å². The van der Waals surface area contributed by atoms with Crippen molar-refractivity contribution in [1.82, 2.24) is 5.43 Å². The summed E-state index contributed by atoms with van der Waals surface area (Å²) in [5, 5.41) is 4.22.